The lowest BCUT2D eigenvalue weighted by Gasteiger charge is -2.16. The Hall–Kier alpha value is -4.25. The molecule has 10 nitrogen and oxygen atoms in total. The van der Waals surface area contributed by atoms with Gasteiger partial charge in [-0.05, 0) is 63.1 Å². The Kier molecular flexibility index (Phi) is 6.75. The fourth-order valence-corrected chi connectivity index (χ4v) is 4.69. The van der Waals surface area contributed by atoms with E-state index in [1.807, 2.05) is 50.6 Å². The summed E-state index contributed by atoms with van der Waals surface area (Å²) in [6.45, 7) is 7.60. The van der Waals surface area contributed by atoms with E-state index in [-0.39, 0.29) is 17.9 Å². The third-order valence-corrected chi connectivity index (χ3v) is 6.68. The summed E-state index contributed by atoms with van der Waals surface area (Å²) in [5, 5.41) is 5.72. The molecule has 0 unspecified atom stereocenters. The normalized spacial score (nSPS) is 11.2. The van der Waals surface area contributed by atoms with Crippen LogP contribution in [0.2, 0.25) is 0 Å². The number of carbonyl (C=O) groups excluding carboxylic acids is 1. The van der Waals surface area contributed by atoms with Gasteiger partial charge in [-0.2, -0.15) is 13.5 Å². The van der Waals surface area contributed by atoms with Gasteiger partial charge in [0, 0.05) is 18.8 Å². The number of aryl methyl sites for hydroxylation is 4. The molecule has 1 aromatic carbocycles. The summed E-state index contributed by atoms with van der Waals surface area (Å²) in [5.41, 5.74) is 4.65. The number of hydrogen-bond acceptors (Lipinski definition) is 8. The maximum atomic E-state index is 13.1. The van der Waals surface area contributed by atoms with Crippen LogP contribution in [-0.2, 0) is 10.0 Å². The van der Waals surface area contributed by atoms with E-state index >= 15 is 0 Å². The molecule has 36 heavy (non-hydrogen) atoms. The molecule has 0 radical (unpaired) electrons. The van der Waals surface area contributed by atoms with Crippen LogP contribution >= 0.6 is 0 Å². The van der Waals surface area contributed by atoms with Crippen molar-refractivity contribution in [3.05, 3.63) is 76.6 Å². The fraction of sp³-hybridized carbons (Fsp3) is 0.200. The molecule has 1 amide bonds. The van der Waals surface area contributed by atoms with E-state index in [0.717, 1.165) is 22.3 Å². The lowest BCUT2D eigenvalue weighted by molar-refractivity contribution is 0.0978. The molecule has 0 bridgehead atoms. The molecule has 0 aliphatic carbocycles. The predicted molar refractivity (Wildman–Crippen MR) is 135 cm³/mol. The van der Waals surface area contributed by atoms with Crippen LogP contribution in [0.25, 0.3) is 11.3 Å². The van der Waals surface area contributed by atoms with Crippen molar-refractivity contribution in [1.29, 1.82) is 0 Å². The highest BCUT2D eigenvalue weighted by Gasteiger charge is 2.24. The number of carbonyl (C=O) groups is 1. The third kappa shape index (κ3) is 5.05. The highest BCUT2D eigenvalue weighted by molar-refractivity contribution is 7.90. The van der Waals surface area contributed by atoms with E-state index < -0.39 is 15.9 Å². The van der Waals surface area contributed by atoms with Crippen LogP contribution < -0.4 is 14.2 Å². The molecule has 188 valence electrons. The van der Waals surface area contributed by atoms with Crippen molar-refractivity contribution in [3.63, 3.8) is 0 Å². The number of aromatic amines is 1. The Balaban J connectivity index is 0.00000380. The monoisotopic (exact) mass is 509 g/mol. The summed E-state index contributed by atoms with van der Waals surface area (Å²) < 4.78 is 38.6. The smallest absolute Gasteiger partial charge is 0.281 e. The molecular weight excluding hydrogens is 482 g/mol. The zero-order valence-electron chi connectivity index (χ0n) is 20.4. The number of nitrogens with one attached hydrogen (secondary N) is 2. The summed E-state index contributed by atoms with van der Waals surface area (Å²) in [6.07, 6.45) is 2.88. The molecule has 0 atom stereocenters. The third-order valence-electron chi connectivity index (χ3n) is 5.42. The molecule has 0 aliphatic heterocycles. The van der Waals surface area contributed by atoms with Crippen LogP contribution in [0.4, 0.5) is 0 Å². The molecule has 3 heterocycles. The number of amides is 1. The number of benzene rings is 1. The Morgan fingerprint density at radius 3 is 2.33 bits per heavy atom. The van der Waals surface area contributed by atoms with Gasteiger partial charge in [0.05, 0.1) is 19.0 Å². The predicted octanol–water partition coefficient (Wildman–Crippen LogP) is 4.27. The van der Waals surface area contributed by atoms with Gasteiger partial charge in [-0.25, -0.2) is 14.7 Å². The van der Waals surface area contributed by atoms with Gasteiger partial charge in [-0.3, -0.25) is 9.89 Å². The van der Waals surface area contributed by atoms with Gasteiger partial charge in [-0.15, -0.1) is 0 Å². The first kappa shape index (κ1) is 24.9. The van der Waals surface area contributed by atoms with Crippen molar-refractivity contribution in [2.45, 2.75) is 32.7 Å². The molecule has 4 rings (SSSR count). The molecular formula is C25H27N5O5S. The minimum Gasteiger partial charge on any atom is -0.481 e. The van der Waals surface area contributed by atoms with E-state index in [9.17, 15) is 13.2 Å². The molecule has 3 aromatic heterocycles. The first-order chi connectivity index (χ1) is 17.1. The number of aromatic nitrogens is 4. The van der Waals surface area contributed by atoms with Crippen molar-refractivity contribution in [2.24, 2.45) is 0 Å². The van der Waals surface area contributed by atoms with Gasteiger partial charge < -0.3 is 9.47 Å². The van der Waals surface area contributed by atoms with E-state index in [0.29, 0.717) is 22.9 Å². The second-order valence-corrected chi connectivity index (χ2v) is 9.94. The first-order valence-electron chi connectivity index (χ1n) is 10.9. The van der Waals surface area contributed by atoms with Crippen LogP contribution in [0.3, 0.4) is 0 Å². The van der Waals surface area contributed by atoms with E-state index in [1.165, 1.54) is 25.4 Å². The van der Waals surface area contributed by atoms with Crippen molar-refractivity contribution < 1.29 is 24.1 Å². The van der Waals surface area contributed by atoms with Crippen LogP contribution in [0.15, 0.2) is 53.8 Å². The number of pyridine rings is 2. The largest absolute Gasteiger partial charge is 0.481 e. The topological polar surface area (TPSA) is 136 Å². The van der Waals surface area contributed by atoms with Gasteiger partial charge in [0.2, 0.25) is 11.8 Å². The van der Waals surface area contributed by atoms with Gasteiger partial charge in [0.15, 0.2) is 5.03 Å². The van der Waals surface area contributed by atoms with Gasteiger partial charge >= 0.3 is 0 Å². The minimum atomic E-state index is -4.18. The number of sulfonamides is 1. The van der Waals surface area contributed by atoms with Crippen LogP contribution in [-0.4, -0.2) is 41.6 Å². The summed E-state index contributed by atoms with van der Waals surface area (Å²) in [4.78, 5) is 22.0. The van der Waals surface area contributed by atoms with Crippen LogP contribution in [0.1, 0.15) is 34.0 Å². The van der Waals surface area contributed by atoms with Crippen LogP contribution in [0, 0.1) is 27.7 Å². The number of rotatable bonds is 7. The zero-order valence-corrected chi connectivity index (χ0v) is 21.2. The van der Waals surface area contributed by atoms with Crippen molar-refractivity contribution in [1.82, 2.24) is 24.9 Å². The molecule has 2 N–H and O–H groups in total. The highest BCUT2D eigenvalue weighted by Crippen LogP contribution is 2.33. The maximum absolute atomic E-state index is 13.1. The number of ether oxygens (including phenoxy) is 2. The number of hydrogen-bond donors (Lipinski definition) is 2. The summed E-state index contributed by atoms with van der Waals surface area (Å²) in [6, 6.07) is 10.1. The maximum Gasteiger partial charge on any atom is 0.281 e. The van der Waals surface area contributed by atoms with Crippen molar-refractivity contribution >= 4 is 15.9 Å². The lowest BCUT2D eigenvalue weighted by atomic mass is 10.1. The molecule has 0 aliphatic rings. The van der Waals surface area contributed by atoms with E-state index in [2.05, 4.69) is 20.2 Å². The van der Waals surface area contributed by atoms with Gasteiger partial charge in [0.1, 0.15) is 11.3 Å². The van der Waals surface area contributed by atoms with E-state index in [4.69, 9.17) is 9.47 Å². The first-order valence-corrected chi connectivity index (χ1v) is 12.4. The number of nitrogens with zero attached hydrogens (tertiary/aromatic N) is 3. The second-order valence-electron chi connectivity index (χ2n) is 8.28. The summed E-state index contributed by atoms with van der Waals surface area (Å²) in [5.74, 6) is 0.0688. The summed E-state index contributed by atoms with van der Waals surface area (Å²) >= 11 is 0. The zero-order chi connectivity index (χ0) is 26.0. The van der Waals surface area contributed by atoms with Crippen LogP contribution in [0.5, 0.6) is 17.5 Å². The highest BCUT2D eigenvalue weighted by atomic mass is 32.2. The van der Waals surface area contributed by atoms with Gasteiger partial charge in [0.25, 0.3) is 15.9 Å². The standard InChI is InChI=1S/C25H25N5O5S.H2/c1-14-10-15(2)22(16(3)11-14)35-25-19(23(31)30-36(32,33)21-8-9-27-29-21)6-7-20(28-25)18-12-17(4)24(34-5)26-13-18;/h6-13H,1-5H3,(H,27,29)(H,30,31);1H. The quantitative estimate of drug-likeness (QED) is 0.377. The Bertz CT molecular complexity index is 1530. The minimum absolute atomic E-state index is 0. The van der Waals surface area contributed by atoms with Gasteiger partial charge in [-0.1, -0.05) is 17.7 Å². The lowest BCUT2D eigenvalue weighted by Crippen LogP contribution is -2.31. The molecule has 0 fully saturated rings. The molecule has 0 saturated carbocycles. The number of H-pyrrole nitrogens is 1. The number of methoxy groups -OCH3 is 1. The SMILES string of the molecule is COc1ncc(-c2ccc(C(=O)NS(=O)(=O)c3ccn[nH]3)c(Oc3c(C)cc(C)cc3C)n2)cc1C.[HH]. The fourth-order valence-electron chi connectivity index (χ4n) is 3.82. The average Bonchev–Trinajstić information content (AvgIpc) is 3.37. The molecule has 0 saturated heterocycles. The second kappa shape index (κ2) is 9.78. The Morgan fingerprint density at radius 2 is 1.72 bits per heavy atom. The average molecular weight is 510 g/mol. The Labute approximate surface area is 210 Å². The Morgan fingerprint density at radius 1 is 1.00 bits per heavy atom. The molecule has 11 heteroatoms. The molecule has 0 spiro atoms. The summed E-state index contributed by atoms with van der Waals surface area (Å²) in [7, 11) is -2.64. The van der Waals surface area contributed by atoms with Crippen molar-refractivity contribution in [3.8, 4) is 28.8 Å². The van der Waals surface area contributed by atoms with E-state index in [1.54, 1.807) is 12.3 Å². The van der Waals surface area contributed by atoms with Crippen molar-refractivity contribution in [2.75, 3.05) is 7.11 Å². The molecule has 4 aromatic rings.